The molecular weight excluding hydrogens is 1260 g/mol. The third-order valence-electron chi connectivity index (χ3n) is 19.0. The third-order valence-corrected chi connectivity index (χ3v) is 19.0. The van der Waals surface area contributed by atoms with Gasteiger partial charge in [-0.3, -0.25) is 52.7 Å². The zero-order valence-electron chi connectivity index (χ0n) is 55.9. The summed E-state index contributed by atoms with van der Waals surface area (Å²) < 4.78 is 35.7. The highest BCUT2D eigenvalue weighted by molar-refractivity contribution is 6.00. The van der Waals surface area contributed by atoms with Crippen molar-refractivity contribution in [3.8, 4) is 11.5 Å². The van der Waals surface area contributed by atoms with Crippen LogP contribution in [0.5, 0.6) is 11.5 Å². The Balaban J connectivity index is 1.08. The lowest BCUT2D eigenvalue weighted by Gasteiger charge is -2.37. The second-order valence-corrected chi connectivity index (χ2v) is 26.0. The smallest absolute Gasteiger partial charge is 0.246 e. The maximum atomic E-state index is 16.0. The van der Waals surface area contributed by atoms with Crippen LogP contribution in [0.25, 0.3) is 10.9 Å². The topological polar surface area (TPSA) is 335 Å². The lowest BCUT2D eigenvalue weighted by atomic mass is 9.95. The highest BCUT2D eigenvalue weighted by Gasteiger charge is 2.49. The van der Waals surface area contributed by atoms with Gasteiger partial charge in [0.25, 0.3) is 0 Å². The molecule has 27 heteroatoms. The molecule has 2 fully saturated rings. The summed E-state index contributed by atoms with van der Waals surface area (Å²) in [4.78, 5) is 162. The van der Waals surface area contributed by atoms with E-state index in [1.54, 1.807) is 80.7 Å². The molecule has 1 unspecified atom stereocenters. The number of halogens is 1. The van der Waals surface area contributed by atoms with Crippen LogP contribution < -0.4 is 57.3 Å². The van der Waals surface area contributed by atoms with Gasteiger partial charge in [0.05, 0.1) is 19.8 Å². The molecule has 0 spiro atoms. The maximum Gasteiger partial charge on any atom is 0.246 e. The quantitative estimate of drug-likeness (QED) is 0.125. The minimum Gasteiger partial charge on any atom is -0.497 e. The fourth-order valence-electron chi connectivity index (χ4n) is 13.3. The fourth-order valence-corrected chi connectivity index (χ4v) is 13.3. The number of carbonyl (C=O) groups excluding carboxylic acids is 11. The fraction of sp³-hybridized carbons (Fsp3) is 0.479. The summed E-state index contributed by atoms with van der Waals surface area (Å²) in [5.74, 6) is -7.16. The molecule has 0 aliphatic carbocycles. The molecule has 0 saturated carbocycles. The largest absolute Gasteiger partial charge is 0.497 e. The molecule has 9 atom stereocenters. The predicted octanol–water partition coefficient (Wildman–Crippen LogP) is 2.11. The second kappa shape index (κ2) is 32.0. The van der Waals surface area contributed by atoms with E-state index < -0.39 is 131 Å². The van der Waals surface area contributed by atoms with E-state index in [1.165, 1.54) is 42.9 Å². The van der Waals surface area contributed by atoms with E-state index in [2.05, 4.69) is 47.9 Å². The van der Waals surface area contributed by atoms with Crippen LogP contribution in [0.4, 0.5) is 4.39 Å². The van der Waals surface area contributed by atoms with Crippen LogP contribution in [0.15, 0.2) is 91.1 Å². The highest BCUT2D eigenvalue weighted by Crippen LogP contribution is 2.32. The first-order valence-corrected chi connectivity index (χ1v) is 33.7. The van der Waals surface area contributed by atoms with Gasteiger partial charge in [0.1, 0.15) is 71.8 Å². The zero-order chi connectivity index (χ0) is 69.8. The van der Waals surface area contributed by atoms with Crippen LogP contribution in [0, 0.1) is 5.82 Å². The van der Waals surface area contributed by atoms with Crippen LogP contribution in [0.1, 0.15) is 112 Å². The summed E-state index contributed by atoms with van der Waals surface area (Å²) >= 11 is 0. The first kappa shape index (κ1) is 70.9. The molecule has 2 saturated heterocycles. The average molecular weight is 1350 g/mol. The van der Waals surface area contributed by atoms with Gasteiger partial charge in [0, 0.05) is 94.0 Å². The number of fused-ring (bicyclic) bond motifs is 11. The van der Waals surface area contributed by atoms with Crippen molar-refractivity contribution in [2.75, 3.05) is 40.0 Å². The molecule has 26 nitrogen and oxygen atoms in total. The van der Waals surface area contributed by atoms with Crippen molar-refractivity contribution in [3.63, 3.8) is 0 Å². The number of hydrogen-bond acceptors (Lipinski definition) is 14. The van der Waals surface area contributed by atoms with Crippen molar-refractivity contribution < 1.29 is 71.3 Å². The standard InChI is InChI=1S/C71H87FN12O14/c1-6-52-65(90)80-54(32-43-14-18-50(96-5)19-15-43)69(94)84-28-10-25-71(84,4)70(95)73-26-23-44-13-16-47-38-75-59(85)21-22-60(86)76-41(2)63(88)77-42(3)64(89)79-53-33-45-11-9-12-46(31-45)37-74-61(87)40-98-57-24-29-83(62(57)67(92)78-52)68(93)55(81-66(53)91)35-48-39-82(27-7-8-30-97-58(47)34-44)56-20-17-49(72)36-51(48)56/h9,11-20,31,34,36,39,41-42,52-55,57,62H,6-8,10,21-30,32-33,35,37-38,40H2,1-5H3,(H,73,95)(H,74,87)(H,75,85)(H,76,86)(H,77,88)(H,78,92)(H,79,89)(H,80,90)(H,81,91)/t41-,42+,52-,53-,54-,55-,57-,62?,71-/m0/s1. The maximum absolute atomic E-state index is 16.0. The Labute approximate surface area is 567 Å². The minimum absolute atomic E-state index is 0.00838. The summed E-state index contributed by atoms with van der Waals surface area (Å²) in [5, 5.41) is 25.7. The SMILES string of the molecule is CC[C@@H]1NC(=O)C2[C@@H]3CCN2C(=O)[C@@H]2Cc4cn(c5ccc(F)cc45)CCCCOc4cc(ccc4CNC(=O)CCC(=O)N[C@@H](C)C(=O)N[C@H](C)C(=O)N[C@@H](Cc4cccc(c4)CNC(=O)CO3)C(=O)N2)CCNC(=O)[C@]2(C)CCCN2C(=O)[C@H](Cc2ccc(OC)cc2)NC1=O. The first-order valence-electron chi connectivity index (χ1n) is 33.7. The van der Waals surface area contributed by atoms with Crippen LogP contribution in [0.3, 0.4) is 0 Å². The number of hydrogen-bond donors (Lipinski definition) is 9. The monoisotopic (exact) mass is 1350 g/mol. The second-order valence-electron chi connectivity index (χ2n) is 26.0. The molecule has 1 aromatic heterocycles. The Morgan fingerprint density at radius 1 is 0.622 bits per heavy atom. The summed E-state index contributed by atoms with van der Waals surface area (Å²) in [7, 11) is 1.51. The number of methoxy groups -OCH3 is 1. The lowest BCUT2D eigenvalue weighted by Crippen LogP contribution is -2.62. The van der Waals surface area contributed by atoms with Crippen LogP contribution in [-0.4, -0.2) is 173 Å². The zero-order valence-corrected chi connectivity index (χ0v) is 55.9. The number of ether oxygens (including phenoxy) is 3. The number of nitrogens with one attached hydrogen (secondary N) is 9. The van der Waals surface area contributed by atoms with Crippen LogP contribution >= 0.6 is 0 Å². The van der Waals surface area contributed by atoms with Gasteiger partial charge in [0.2, 0.25) is 65.0 Å². The number of carbonyl (C=O) groups is 11. The van der Waals surface area contributed by atoms with Crippen LogP contribution in [0.2, 0.25) is 0 Å². The van der Waals surface area contributed by atoms with Crippen molar-refractivity contribution >= 4 is 75.9 Å². The van der Waals surface area contributed by atoms with Crippen molar-refractivity contribution in [3.05, 3.63) is 130 Å². The van der Waals surface area contributed by atoms with Crippen molar-refractivity contribution in [2.24, 2.45) is 0 Å². The molecule has 0 radical (unpaired) electrons. The number of aromatic nitrogens is 1. The number of amides is 11. The van der Waals surface area contributed by atoms with Gasteiger partial charge in [-0.15, -0.1) is 0 Å². The Hall–Kier alpha value is -9.92. The van der Waals surface area contributed by atoms with Crippen molar-refractivity contribution in [2.45, 2.75) is 178 Å². The van der Waals surface area contributed by atoms with E-state index in [1.807, 2.05) is 16.7 Å². The number of benzene rings is 4. The summed E-state index contributed by atoms with van der Waals surface area (Å²) in [5.41, 5.74) is 2.78. The molecule has 6 heterocycles. The van der Waals surface area contributed by atoms with Crippen LogP contribution in [-0.2, 0) is 103 Å². The van der Waals surface area contributed by atoms with Gasteiger partial charge in [-0.25, -0.2) is 4.39 Å². The Morgan fingerprint density at radius 3 is 2.14 bits per heavy atom. The van der Waals surface area contributed by atoms with Crippen molar-refractivity contribution in [1.82, 2.24) is 62.2 Å². The molecule has 98 heavy (non-hydrogen) atoms. The number of aryl methyl sites for hydroxylation is 1. The Morgan fingerprint density at radius 2 is 1.36 bits per heavy atom. The van der Waals surface area contributed by atoms with E-state index >= 15 is 23.6 Å². The van der Waals surface area contributed by atoms with Crippen molar-refractivity contribution in [1.29, 1.82) is 0 Å². The lowest BCUT2D eigenvalue weighted by molar-refractivity contribution is -0.147. The average Bonchev–Trinajstić information content (AvgIpc) is 1.63. The van der Waals surface area contributed by atoms with Gasteiger partial charge in [0.15, 0.2) is 0 Å². The minimum atomic E-state index is -1.58. The molecule has 9 N–H and O–H groups in total. The summed E-state index contributed by atoms with van der Waals surface area (Å²) in [6.45, 7) is 6.27. The van der Waals surface area contributed by atoms with Gasteiger partial charge in [-0.05, 0) is 130 Å². The van der Waals surface area contributed by atoms with Gasteiger partial charge >= 0.3 is 0 Å². The van der Waals surface area contributed by atoms with Gasteiger partial charge < -0.3 is 76.4 Å². The van der Waals surface area contributed by atoms with E-state index in [0.29, 0.717) is 88.9 Å². The highest BCUT2D eigenvalue weighted by atomic mass is 19.1. The number of rotatable bonds is 4. The molecule has 5 aromatic rings. The Kier molecular flexibility index (Phi) is 23.1. The Bertz CT molecular complexity index is 3840. The molecule has 522 valence electrons. The van der Waals surface area contributed by atoms with Gasteiger partial charge in [-0.2, -0.15) is 0 Å². The third kappa shape index (κ3) is 17.2. The van der Waals surface area contributed by atoms with E-state index in [4.69, 9.17) is 14.2 Å². The summed E-state index contributed by atoms with van der Waals surface area (Å²) in [6, 6.07) is 13.7. The molecule has 4 aromatic carbocycles. The van der Waals surface area contributed by atoms with E-state index in [0.717, 1.165) is 5.56 Å². The van der Waals surface area contributed by atoms with Gasteiger partial charge in [-0.1, -0.05) is 55.5 Å². The molecule has 10 rings (SSSR count). The van der Waals surface area contributed by atoms with E-state index in [9.17, 15) is 33.6 Å². The molecule has 11 amide bonds. The molecular formula is C71H87FN12O14. The summed E-state index contributed by atoms with van der Waals surface area (Å²) in [6.07, 6.45) is 1.56. The molecule has 11 bridgehead atoms. The molecule has 5 aliphatic rings. The molecule has 5 aliphatic heterocycles. The predicted molar refractivity (Wildman–Crippen MR) is 356 cm³/mol. The normalized spacial score (nSPS) is 26.0. The van der Waals surface area contributed by atoms with E-state index in [-0.39, 0.29) is 84.3 Å². The first-order chi connectivity index (χ1) is 47.1. The number of nitrogens with zero attached hydrogens (tertiary/aromatic N) is 3.